The number of halogens is 1. The van der Waals surface area contributed by atoms with Crippen molar-refractivity contribution in [1.82, 2.24) is 20.1 Å². The van der Waals surface area contributed by atoms with Gasteiger partial charge < -0.3 is 15.5 Å². The van der Waals surface area contributed by atoms with Crippen molar-refractivity contribution in [3.63, 3.8) is 0 Å². The molecule has 1 aliphatic rings. The number of carbonyl (C=O) groups is 2. The van der Waals surface area contributed by atoms with E-state index in [1.165, 1.54) is 28.6 Å². The Morgan fingerprint density at radius 1 is 0.923 bits per heavy atom. The predicted molar refractivity (Wildman–Crippen MR) is 149 cm³/mol. The number of hydrogen-bond acceptors (Lipinski definition) is 5. The van der Waals surface area contributed by atoms with Crippen LogP contribution < -0.4 is 15.5 Å². The Morgan fingerprint density at radius 2 is 1.62 bits per heavy atom. The fourth-order valence-corrected chi connectivity index (χ4v) is 4.94. The lowest BCUT2D eigenvalue weighted by Gasteiger charge is -2.33. The molecule has 0 radical (unpaired) electrons. The summed E-state index contributed by atoms with van der Waals surface area (Å²) in [7, 11) is 0. The molecule has 2 aromatic carbocycles. The smallest absolute Gasteiger partial charge is 0.272 e. The summed E-state index contributed by atoms with van der Waals surface area (Å²) in [5.74, 6) is -0.691. The molecular formula is C30H31FN6O2. The van der Waals surface area contributed by atoms with Gasteiger partial charge in [-0.3, -0.25) is 14.6 Å². The van der Waals surface area contributed by atoms with Crippen LogP contribution in [0.4, 0.5) is 15.9 Å². The molecule has 0 bridgehead atoms. The zero-order valence-electron chi connectivity index (χ0n) is 21.8. The van der Waals surface area contributed by atoms with Crippen molar-refractivity contribution in [2.75, 3.05) is 29.9 Å². The van der Waals surface area contributed by atoms with Gasteiger partial charge in [-0.1, -0.05) is 30.3 Å². The topological polar surface area (TPSA) is 92.2 Å². The van der Waals surface area contributed by atoms with Crippen LogP contribution >= 0.6 is 0 Å². The minimum atomic E-state index is -0.622. The highest BCUT2D eigenvalue weighted by Crippen LogP contribution is 2.26. The maximum Gasteiger partial charge on any atom is 0.272 e. The van der Waals surface area contributed by atoms with Crippen LogP contribution in [0.5, 0.6) is 0 Å². The summed E-state index contributed by atoms with van der Waals surface area (Å²) in [6.07, 6.45) is 6.63. The van der Waals surface area contributed by atoms with Gasteiger partial charge in [0.1, 0.15) is 11.6 Å². The van der Waals surface area contributed by atoms with Gasteiger partial charge >= 0.3 is 0 Å². The third-order valence-corrected chi connectivity index (χ3v) is 7.17. The largest absolute Gasteiger partial charge is 0.371 e. The molecule has 0 saturated carbocycles. The fourth-order valence-electron chi connectivity index (χ4n) is 4.94. The zero-order chi connectivity index (χ0) is 27.2. The number of nitrogens with zero attached hydrogens (tertiary/aromatic N) is 4. The molecule has 0 aliphatic carbocycles. The first-order valence-electron chi connectivity index (χ1n) is 13.2. The lowest BCUT2D eigenvalue weighted by molar-refractivity contribution is 0.0943. The van der Waals surface area contributed by atoms with Crippen LogP contribution in [-0.2, 0) is 0 Å². The van der Waals surface area contributed by atoms with Crippen molar-refractivity contribution in [3.8, 4) is 5.69 Å². The Bertz CT molecular complexity index is 1430. The predicted octanol–water partition coefficient (Wildman–Crippen LogP) is 5.00. The second-order valence-electron chi connectivity index (χ2n) is 9.68. The van der Waals surface area contributed by atoms with Crippen molar-refractivity contribution >= 4 is 23.3 Å². The molecule has 2 N–H and O–H groups in total. The van der Waals surface area contributed by atoms with Crippen LogP contribution in [0.25, 0.3) is 5.69 Å². The highest BCUT2D eigenvalue weighted by atomic mass is 19.1. The van der Waals surface area contributed by atoms with Crippen molar-refractivity contribution in [3.05, 3.63) is 102 Å². The first-order chi connectivity index (χ1) is 19.0. The van der Waals surface area contributed by atoms with Crippen LogP contribution in [-0.4, -0.2) is 46.2 Å². The molecule has 0 spiro atoms. The normalized spacial score (nSPS) is 13.7. The summed E-state index contributed by atoms with van der Waals surface area (Å²) >= 11 is 0. The Balaban J connectivity index is 1.25. The van der Waals surface area contributed by atoms with E-state index in [-0.39, 0.29) is 17.2 Å². The molecule has 200 valence electrons. The van der Waals surface area contributed by atoms with Gasteiger partial charge in [-0.15, -0.1) is 0 Å². The van der Waals surface area contributed by atoms with E-state index in [2.05, 4.69) is 25.6 Å². The highest BCUT2D eigenvalue weighted by molar-refractivity contribution is 6.05. The van der Waals surface area contributed by atoms with Gasteiger partial charge in [-0.25, -0.2) is 9.07 Å². The molecule has 8 nitrogen and oxygen atoms in total. The molecule has 2 amide bonds. The Morgan fingerprint density at radius 3 is 2.33 bits per heavy atom. The van der Waals surface area contributed by atoms with E-state index in [1.54, 1.807) is 13.0 Å². The van der Waals surface area contributed by atoms with Gasteiger partial charge in [-0.2, -0.15) is 5.10 Å². The van der Waals surface area contributed by atoms with Crippen LogP contribution in [0.15, 0.2) is 79.1 Å². The summed E-state index contributed by atoms with van der Waals surface area (Å²) in [6.45, 7) is 4.23. The number of pyridine rings is 1. The second kappa shape index (κ2) is 11.9. The van der Waals surface area contributed by atoms with E-state index in [4.69, 9.17) is 0 Å². The van der Waals surface area contributed by atoms with Gasteiger partial charge in [0.15, 0.2) is 5.69 Å². The molecule has 1 fully saturated rings. The molecule has 5 rings (SSSR count). The standard InChI is InChI=1S/C30H31FN6O2/c1-21-27(30(39)33-18-11-22-14-19-36(20-15-22)23-12-16-32-17-13-23)35-37(24-7-3-2-4-8-24)28(21)34-29(38)25-9-5-6-10-26(25)31/h2-10,12-13,16-17,22H,11,14-15,18-20H2,1H3,(H,33,39)(H,34,38). The van der Waals surface area contributed by atoms with Gasteiger partial charge in [0.25, 0.3) is 11.8 Å². The van der Waals surface area contributed by atoms with E-state index in [0.29, 0.717) is 29.5 Å². The number of benzene rings is 2. The molecule has 4 aromatic rings. The van der Waals surface area contributed by atoms with Gasteiger partial charge in [0, 0.05) is 43.3 Å². The van der Waals surface area contributed by atoms with Crippen LogP contribution in [0, 0.1) is 18.7 Å². The van der Waals surface area contributed by atoms with Crippen LogP contribution in [0.1, 0.15) is 45.7 Å². The quantitative estimate of drug-likeness (QED) is 0.337. The summed E-state index contributed by atoms with van der Waals surface area (Å²) in [5, 5.41) is 10.3. The van der Waals surface area contributed by atoms with Crippen molar-refractivity contribution in [2.24, 2.45) is 5.92 Å². The van der Waals surface area contributed by atoms with Crippen molar-refractivity contribution in [2.45, 2.75) is 26.2 Å². The van der Waals surface area contributed by atoms with Gasteiger partial charge in [0.05, 0.1) is 11.3 Å². The number of piperidine rings is 1. The molecule has 0 unspecified atom stereocenters. The number of aromatic nitrogens is 3. The van der Waals surface area contributed by atoms with Crippen LogP contribution in [0.2, 0.25) is 0 Å². The third-order valence-electron chi connectivity index (χ3n) is 7.17. The minimum Gasteiger partial charge on any atom is -0.371 e. The summed E-state index contributed by atoms with van der Waals surface area (Å²) in [4.78, 5) is 32.5. The number of para-hydroxylation sites is 1. The lowest BCUT2D eigenvalue weighted by atomic mass is 9.93. The first kappa shape index (κ1) is 26.1. The monoisotopic (exact) mass is 526 g/mol. The molecule has 1 aliphatic heterocycles. The molecule has 0 atom stereocenters. The molecular weight excluding hydrogens is 495 g/mol. The van der Waals surface area contributed by atoms with Gasteiger partial charge in [0.2, 0.25) is 0 Å². The maximum atomic E-state index is 14.2. The number of hydrogen-bond donors (Lipinski definition) is 2. The van der Waals surface area contributed by atoms with E-state index in [1.807, 2.05) is 54.9 Å². The Kier molecular flexibility index (Phi) is 7.96. The number of carbonyl (C=O) groups excluding carboxylic acids is 2. The lowest BCUT2D eigenvalue weighted by Crippen LogP contribution is -2.35. The average molecular weight is 527 g/mol. The Hall–Kier alpha value is -4.53. The molecule has 1 saturated heterocycles. The van der Waals surface area contributed by atoms with Crippen molar-refractivity contribution < 1.29 is 14.0 Å². The van der Waals surface area contributed by atoms with Crippen LogP contribution in [0.3, 0.4) is 0 Å². The Labute approximate surface area is 226 Å². The number of amides is 2. The first-order valence-corrected chi connectivity index (χ1v) is 13.2. The molecule has 9 heteroatoms. The SMILES string of the molecule is Cc1c(C(=O)NCCC2CCN(c3ccncc3)CC2)nn(-c2ccccc2)c1NC(=O)c1ccccc1F. The van der Waals surface area contributed by atoms with E-state index >= 15 is 0 Å². The van der Waals surface area contributed by atoms with Crippen molar-refractivity contribution in [1.29, 1.82) is 0 Å². The van der Waals surface area contributed by atoms with E-state index in [0.717, 1.165) is 32.4 Å². The number of rotatable bonds is 8. The number of nitrogens with one attached hydrogen (secondary N) is 2. The third kappa shape index (κ3) is 5.98. The molecule has 3 heterocycles. The molecule has 39 heavy (non-hydrogen) atoms. The second-order valence-corrected chi connectivity index (χ2v) is 9.68. The average Bonchev–Trinajstić information content (AvgIpc) is 3.30. The summed E-state index contributed by atoms with van der Waals surface area (Å²) < 4.78 is 15.8. The minimum absolute atomic E-state index is 0.0845. The number of anilines is 2. The summed E-state index contributed by atoms with van der Waals surface area (Å²) in [5.41, 5.74) is 2.50. The van der Waals surface area contributed by atoms with E-state index in [9.17, 15) is 14.0 Å². The maximum absolute atomic E-state index is 14.2. The molecule has 2 aromatic heterocycles. The fraction of sp³-hybridized carbons (Fsp3) is 0.267. The summed E-state index contributed by atoms with van der Waals surface area (Å²) in [6, 6.07) is 19.0. The van der Waals surface area contributed by atoms with Gasteiger partial charge in [-0.05, 0) is 68.5 Å². The van der Waals surface area contributed by atoms with E-state index < -0.39 is 11.7 Å². The zero-order valence-corrected chi connectivity index (χ0v) is 21.8. The highest BCUT2D eigenvalue weighted by Gasteiger charge is 2.24.